The Hall–Kier alpha value is -2.23. The Morgan fingerprint density at radius 2 is 1.95 bits per heavy atom. The molecular formula is C15H16FNO2. The van der Waals surface area contributed by atoms with E-state index in [-0.39, 0.29) is 17.6 Å². The molecule has 0 radical (unpaired) electrons. The van der Waals surface area contributed by atoms with Crippen molar-refractivity contribution in [1.82, 2.24) is 0 Å². The molecule has 4 heteroatoms. The van der Waals surface area contributed by atoms with Crippen LogP contribution in [0.15, 0.2) is 42.5 Å². The Morgan fingerprint density at radius 3 is 2.68 bits per heavy atom. The Morgan fingerprint density at radius 1 is 1.21 bits per heavy atom. The third kappa shape index (κ3) is 2.96. The summed E-state index contributed by atoms with van der Waals surface area (Å²) in [6.07, 6.45) is 0. The first-order chi connectivity index (χ1) is 9.11. The standard InChI is InChI=1S/C15H16FNO2/c1-10(12-9-11(16)7-8-14(12)18)17-13-5-3-4-6-15(13)19-2/h3-10,17-18H,1-2H3. The first kappa shape index (κ1) is 13.2. The van der Waals surface area contributed by atoms with Gasteiger partial charge in [0.05, 0.1) is 18.8 Å². The molecule has 0 amide bonds. The topological polar surface area (TPSA) is 41.5 Å². The predicted molar refractivity (Wildman–Crippen MR) is 73.1 cm³/mol. The molecule has 100 valence electrons. The zero-order chi connectivity index (χ0) is 13.8. The molecule has 0 saturated carbocycles. The van der Waals surface area contributed by atoms with Gasteiger partial charge in [-0.3, -0.25) is 0 Å². The molecule has 0 aliphatic carbocycles. The van der Waals surface area contributed by atoms with E-state index in [1.54, 1.807) is 7.11 Å². The molecule has 1 unspecified atom stereocenters. The van der Waals surface area contributed by atoms with Crippen LogP contribution in [0.1, 0.15) is 18.5 Å². The third-order valence-electron chi connectivity index (χ3n) is 2.94. The molecule has 0 fully saturated rings. The highest BCUT2D eigenvalue weighted by molar-refractivity contribution is 5.57. The fraction of sp³-hybridized carbons (Fsp3) is 0.200. The fourth-order valence-corrected chi connectivity index (χ4v) is 1.95. The minimum atomic E-state index is -0.374. The van der Waals surface area contributed by atoms with Gasteiger partial charge in [0.25, 0.3) is 0 Å². The van der Waals surface area contributed by atoms with Gasteiger partial charge in [-0.2, -0.15) is 0 Å². The molecule has 0 spiro atoms. The van der Waals surface area contributed by atoms with Gasteiger partial charge < -0.3 is 15.2 Å². The molecule has 2 aromatic carbocycles. The van der Waals surface area contributed by atoms with Crippen molar-refractivity contribution in [2.45, 2.75) is 13.0 Å². The summed E-state index contributed by atoms with van der Waals surface area (Å²) >= 11 is 0. The smallest absolute Gasteiger partial charge is 0.141 e. The fourth-order valence-electron chi connectivity index (χ4n) is 1.95. The van der Waals surface area contributed by atoms with E-state index in [1.165, 1.54) is 18.2 Å². The molecule has 0 bridgehead atoms. The van der Waals surface area contributed by atoms with Crippen molar-refractivity contribution < 1.29 is 14.2 Å². The lowest BCUT2D eigenvalue weighted by molar-refractivity contribution is 0.416. The van der Waals surface area contributed by atoms with Gasteiger partial charge in [-0.05, 0) is 37.3 Å². The van der Waals surface area contributed by atoms with Crippen LogP contribution in [0.5, 0.6) is 11.5 Å². The van der Waals surface area contributed by atoms with Crippen LogP contribution in [0.3, 0.4) is 0 Å². The summed E-state index contributed by atoms with van der Waals surface area (Å²) in [5.74, 6) is 0.392. The predicted octanol–water partition coefficient (Wildman–Crippen LogP) is 3.71. The van der Waals surface area contributed by atoms with Gasteiger partial charge in [0.1, 0.15) is 17.3 Å². The van der Waals surface area contributed by atoms with E-state index in [0.29, 0.717) is 11.3 Å². The van der Waals surface area contributed by atoms with Crippen molar-refractivity contribution in [3.05, 3.63) is 53.8 Å². The number of methoxy groups -OCH3 is 1. The lowest BCUT2D eigenvalue weighted by Crippen LogP contribution is -2.08. The Bertz CT molecular complexity index is 572. The highest BCUT2D eigenvalue weighted by Gasteiger charge is 2.13. The minimum Gasteiger partial charge on any atom is -0.508 e. The van der Waals surface area contributed by atoms with Gasteiger partial charge in [0, 0.05) is 5.56 Å². The number of anilines is 1. The second-order valence-corrected chi connectivity index (χ2v) is 4.27. The Balaban J connectivity index is 2.25. The molecule has 0 aliphatic heterocycles. The molecule has 1 atom stereocenters. The average Bonchev–Trinajstić information content (AvgIpc) is 2.42. The van der Waals surface area contributed by atoms with Gasteiger partial charge in [-0.1, -0.05) is 12.1 Å². The van der Waals surface area contributed by atoms with E-state index in [4.69, 9.17) is 4.74 Å². The van der Waals surface area contributed by atoms with Crippen LogP contribution in [0.25, 0.3) is 0 Å². The van der Waals surface area contributed by atoms with Crippen molar-refractivity contribution >= 4 is 5.69 Å². The van der Waals surface area contributed by atoms with Crippen molar-refractivity contribution in [2.24, 2.45) is 0 Å². The number of para-hydroxylation sites is 2. The zero-order valence-electron chi connectivity index (χ0n) is 10.9. The van der Waals surface area contributed by atoms with E-state index in [0.717, 1.165) is 5.69 Å². The van der Waals surface area contributed by atoms with Crippen molar-refractivity contribution in [1.29, 1.82) is 0 Å². The normalized spacial score (nSPS) is 11.9. The molecule has 0 aliphatic rings. The highest BCUT2D eigenvalue weighted by Crippen LogP contribution is 2.31. The SMILES string of the molecule is COc1ccccc1NC(C)c1cc(F)ccc1O. The number of phenols is 1. The van der Waals surface area contributed by atoms with E-state index in [2.05, 4.69) is 5.32 Å². The Kier molecular flexibility index (Phi) is 3.90. The summed E-state index contributed by atoms with van der Waals surface area (Å²) in [6.45, 7) is 1.85. The van der Waals surface area contributed by atoms with Crippen LogP contribution in [-0.4, -0.2) is 12.2 Å². The van der Waals surface area contributed by atoms with Crippen LogP contribution in [0, 0.1) is 5.82 Å². The van der Waals surface area contributed by atoms with E-state index < -0.39 is 0 Å². The summed E-state index contributed by atoms with van der Waals surface area (Å²) in [7, 11) is 1.59. The van der Waals surface area contributed by atoms with Crippen LogP contribution in [-0.2, 0) is 0 Å². The van der Waals surface area contributed by atoms with Gasteiger partial charge in [0.15, 0.2) is 0 Å². The lowest BCUT2D eigenvalue weighted by atomic mass is 10.1. The van der Waals surface area contributed by atoms with E-state index in [9.17, 15) is 9.50 Å². The van der Waals surface area contributed by atoms with Crippen molar-refractivity contribution in [3.63, 3.8) is 0 Å². The number of hydrogen-bond acceptors (Lipinski definition) is 3. The molecule has 19 heavy (non-hydrogen) atoms. The van der Waals surface area contributed by atoms with Gasteiger partial charge in [0.2, 0.25) is 0 Å². The van der Waals surface area contributed by atoms with Crippen LogP contribution >= 0.6 is 0 Å². The molecular weight excluding hydrogens is 245 g/mol. The molecule has 0 heterocycles. The quantitative estimate of drug-likeness (QED) is 0.881. The number of halogens is 1. The van der Waals surface area contributed by atoms with Gasteiger partial charge in [-0.25, -0.2) is 4.39 Å². The minimum absolute atomic E-state index is 0.0660. The summed E-state index contributed by atoms with van der Waals surface area (Å²) in [6, 6.07) is 11.1. The summed E-state index contributed by atoms with van der Waals surface area (Å²) in [5, 5.41) is 13.0. The zero-order valence-corrected chi connectivity index (χ0v) is 10.9. The average molecular weight is 261 g/mol. The number of aromatic hydroxyl groups is 1. The third-order valence-corrected chi connectivity index (χ3v) is 2.94. The second-order valence-electron chi connectivity index (χ2n) is 4.27. The highest BCUT2D eigenvalue weighted by atomic mass is 19.1. The van der Waals surface area contributed by atoms with Gasteiger partial charge in [-0.15, -0.1) is 0 Å². The number of hydrogen-bond donors (Lipinski definition) is 2. The molecule has 3 nitrogen and oxygen atoms in total. The first-order valence-electron chi connectivity index (χ1n) is 6.00. The maximum absolute atomic E-state index is 13.2. The van der Waals surface area contributed by atoms with Crippen LogP contribution in [0.2, 0.25) is 0 Å². The number of benzene rings is 2. The van der Waals surface area contributed by atoms with E-state index in [1.807, 2.05) is 31.2 Å². The summed E-state index contributed by atoms with van der Waals surface area (Å²) in [4.78, 5) is 0. The maximum Gasteiger partial charge on any atom is 0.141 e. The van der Waals surface area contributed by atoms with Gasteiger partial charge >= 0.3 is 0 Å². The molecule has 0 saturated heterocycles. The Labute approximate surface area is 111 Å². The molecule has 0 aromatic heterocycles. The first-order valence-corrected chi connectivity index (χ1v) is 6.00. The van der Waals surface area contributed by atoms with Crippen molar-refractivity contribution in [2.75, 3.05) is 12.4 Å². The number of nitrogens with one attached hydrogen (secondary N) is 1. The molecule has 2 N–H and O–H groups in total. The molecule has 2 aromatic rings. The summed E-state index contributed by atoms with van der Waals surface area (Å²) in [5.41, 5.74) is 1.30. The van der Waals surface area contributed by atoms with Crippen LogP contribution < -0.4 is 10.1 Å². The van der Waals surface area contributed by atoms with E-state index >= 15 is 0 Å². The van der Waals surface area contributed by atoms with Crippen LogP contribution in [0.4, 0.5) is 10.1 Å². The number of phenolic OH excluding ortho intramolecular Hbond substituents is 1. The second kappa shape index (κ2) is 5.61. The molecule has 2 rings (SSSR count). The monoisotopic (exact) mass is 261 g/mol. The lowest BCUT2D eigenvalue weighted by Gasteiger charge is -2.18. The number of rotatable bonds is 4. The van der Waals surface area contributed by atoms with Crippen molar-refractivity contribution in [3.8, 4) is 11.5 Å². The number of ether oxygens (including phenoxy) is 1. The summed E-state index contributed by atoms with van der Waals surface area (Å²) < 4.78 is 18.5. The largest absolute Gasteiger partial charge is 0.508 e. The maximum atomic E-state index is 13.2.